The molecule has 0 aliphatic heterocycles. The van der Waals surface area contributed by atoms with Crippen molar-refractivity contribution in [2.24, 2.45) is 0 Å². The summed E-state index contributed by atoms with van der Waals surface area (Å²) in [6.07, 6.45) is 6.50. The Balaban J connectivity index is 2.50. The molecule has 2 heteroatoms. The molecule has 0 aromatic heterocycles. The highest BCUT2D eigenvalue weighted by atomic mass is 16.5. The van der Waals surface area contributed by atoms with Crippen molar-refractivity contribution in [3.05, 3.63) is 48.2 Å². The fourth-order valence-corrected chi connectivity index (χ4v) is 2.10. The molecule has 0 heterocycles. The molecule has 0 aliphatic carbocycles. The first-order chi connectivity index (χ1) is 9.17. The number of carbonyl (C=O) groups is 1. The minimum atomic E-state index is -0.227. The molecule has 19 heavy (non-hydrogen) atoms. The maximum absolute atomic E-state index is 11.4. The lowest BCUT2D eigenvalue weighted by atomic mass is 9.96. The Morgan fingerprint density at radius 1 is 1.32 bits per heavy atom. The van der Waals surface area contributed by atoms with Gasteiger partial charge in [0, 0.05) is 0 Å². The largest absolute Gasteiger partial charge is 0.435 e. The van der Waals surface area contributed by atoms with Crippen LogP contribution in [0.3, 0.4) is 0 Å². The van der Waals surface area contributed by atoms with Gasteiger partial charge < -0.3 is 4.74 Å². The van der Waals surface area contributed by atoms with Crippen LogP contribution in [0.5, 0.6) is 0 Å². The van der Waals surface area contributed by atoms with Crippen LogP contribution in [0, 0.1) is 0 Å². The van der Waals surface area contributed by atoms with Crippen molar-refractivity contribution in [2.45, 2.75) is 51.9 Å². The van der Waals surface area contributed by atoms with E-state index in [0.717, 1.165) is 6.42 Å². The fraction of sp³-hybridized carbons (Fsp3) is 0.471. The summed E-state index contributed by atoms with van der Waals surface area (Å²) in [7, 11) is 0. The molecule has 0 saturated heterocycles. The molecule has 1 aromatic rings. The Morgan fingerprint density at radius 3 is 2.58 bits per heavy atom. The van der Waals surface area contributed by atoms with E-state index in [0.29, 0.717) is 6.42 Å². The number of ether oxygens (including phenoxy) is 1. The maximum atomic E-state index is 11.4. The summed E-state index contributed by atoms with van der Waals surface area (Å²) >= 11 is 0. The lowest BCUT2D eigenvalue weighted by molar-refractivity contribution is -0.138. The molecule has 1 aromatic carbocycles. The number of hydrogen-bond donors (Lipinski definition) is 0. The zero-order valence-corrected chi connectivity index (χ0v) is 12.0. The highest BCUT2D eigenvalue weighted by Gasteiger charge is 2.11. The number of benzene rings is 1. The molecular weight excluding hydrogens is 236 g/mol. The summed E-state index contributed by atoms with van der Waals surface area (Å²) in [6.45, 7) is 7.64. The second-order valence-electron chi connectivity index (χ2n) is 4.96. The smallest absolute Gasteiger partial charge is 0.311 e. The maximum Gasteiger partial charge on any atom is 0.311 e. The van der Waals surface area contributed by atoms with Gasteiger partial charge in [0.05, 0.1) is 12.7 Å². The van der Waals surface area contributed by atoms with Gasteiger partial charge in [-0.2, -0.15) is 0 Å². The average Bonchev–Trinajstić information content (AvgIpc) is 2.40. The number of carbonyl (C=O) groups excluding carboxylic acids is 1. The average molecular weight is 260 g/mol. The zero-order chi connectivity index (χ0) is 14.1. The minimum Gasteiger partial charge on any atom is -0.435 e. The van der Waals surface area contributed by atoms with E-state index in [1.54, 1.807) is 0 Å². The molecule has 1 rings (SSSR count). The number of aryl methyl sites for hydroxylation is 1. The Labute approximate surface area is 116 Å². The van der Waals surface area contributed by atoms with Crippen LogP contribution >= 0.6 is 0 Å². The van der Waals surface area contributed by atoms with Gasteiger partial charge in [0.25, 0.3) is 0 Å². The van der Waals surface area contributed by atoms with Gasteiger partial charge >= 0.3 is 5.97 Å². The molecule has 0 radical (unpaired) electrons. The predicted octanol–water partition coefficient (Wildman–Crippen LogP) is 4.60. The van der Waals surface area contributed by atoms with Crippen molar-refractivity contribution in [2.75, 3.05) is 0 Å². The highest BCUT2D eigenvalue weighted by Crippen LogP contribution is 2.20. The van der Waals surface area contributed by atoms with Crippen LogP contribution in [0.15, 0.2) is 37.1 Å². The molecule has 0 N–H and O–H groups in total. The van der Waals surface area contributed by atoms with Gasteiger partial charge in [-0.15, -0.1) is 0 Å². The first-order valence-electron chi connectivity index (χ1n) is 7.06. The number of unbranched alkanes of at least 4 members (excludes halogenated alkanes) is 2. The molecule has 1 unspecified atom stereocenters. The topological polar surface area (TPSA) is 26.3 Å². The summed E-state index contributed by atoms with van der Waals surface area (Å²) in [5.41, 5.74) is 2.55. The molecular formula is C17H24O2. The van der Waals surface area contributed by atoms with Crippen LogP contribution in [0.2, 0.25) is 0 Å². The van der Waals surface area contributed by atoms with Gasteiger partial charge in [-0.3, -0.25) is 4.79 Å². The summed E-state index contributed by atoms with van der Waals surface area (Å²) < 4.78 is 4.75. The van der Waals surface area contributed by atoms with Gasteiger partial charge in [-0.25, -0.2) is 0 Å². The zero-order valence-electron chi connectivity index (χ0n) is 12.0. The van der Waals surface area contributed by atoms with Crippen molar-refractivity contribution in [3.63, 3.8) is 0 Å². The van der Waals surface area contributed by atoms with E-state index in [2.05, 4.69) is 37.8 Å². The Kier molecular flexibility index (Phi) is 6.94. The van der Waals surface area contributed by atoms with Gasteiger partial charge in [0.1, 0.15) is 0 Å². The van der Waals surface area contributed by atoms with Gasteiger partial charge in [-0.1, -0.05) is 57.5 Å². The van der Waals surface area contributed by atoms with E-state index in [1.165, 1.54) is 36.7 Å². The van der Waals surface area contributed by atoms with Crippen LogP contribution in [0.1, 0.15) is 56.6 Å². The first-order valence-corrected chi connectivity index (χ1v) is 7.06. The number of esters is 1. The lowest BCUT2D eigenvalue weighted by Crippen LogP contribution is -2.05. The van der Waals surface area contributed by atoms with Crippen molar-refractivity contribution in [3.8, 4) is 0 Å². The van der Waals surface area contributed by atoms with Crippen LogP contribution < -0.4 is 0 Å². The molecule has 0 saturated carbocycles. The van der Waals surface area contributed by atoms with E-state index in [1.807, 2.05) is 6.92 Å². The van der Waals surface area contributed by atoms with Crippen molar-refractivity contribution >= 4 is 5.97 Å². The molecule has 0 aliphatic rings. The van der Waals surface area contributed by atoms with Gasteiger partial charge in [0.15, 0.2) is 0 Å². The predicted molar refractivity (Wildman–Crippen MR) is 79.0 cm³/mol. The third-order valence-electron chi connectivity index (χ3n) is 3.31. The summed E-state index contributed by atoms with van der Waals surface area (Å²) in [5.74, 6) is -0.0494. The Hall–Kier alpha value is -1.57. The Bertz CT molecular complexity index is 392. The molecule has 1 atom stereocenters. The van der Waals surface area contributed by atoms with E-state index >= 15 is 0 Å². The van der Waals surface area contributed by atoms with Crippen LogP contribution in [-0.4, -0.2) is 5.97 Å². The molecule has 104 valence electrons. The van der Waals surface area contributed by atoms with Crippen LogP contribution in [-0.2, 0) is 16.0 Å². The minimum absolute atomic E-state index is 0.178. The van der Waals surface area contributed by atoms with Crippen LogP contribution in [0.4, 0.5) is 0 Å². The molecule has 0 fully saturated rings. The van der Waals surface area contributed by atoms with Crippen molar-refractivity contribution < 1.29 is 9.53 Å². The second kappa shape index (κ2) is 8.52. The molecule has 2 nitrogen and oxygen atoms in total. The third kappa shape index (κ3) is 5.73. The van der Waals surface area contributed by atoms with Gasteiger partial charge in [0.2, 0.25) is 0 Å². The van der Waals surface area contributed by atoms with E-state index < -0.39 is 0 Å². The monoisotopic (exact) mass is 260 g/mol. The molecule has 0 spiro atoms. The van der Waals surface area contributed by atoms with Gasteiger partial charge in [-0.05, 0) is 29.9 Å². The van der Waals surface area contributed by atoms with Crippen molar-refractivity contribution in [1.29, 1.82) is 0 Å². The molecule has 0 bridgehead atoms. The quantitative estimate of drug-likeness (QED) is 0.388. The standard InChI is InChI=1S/C17H24O2/c1-4-6-7-8-15-9-11-16(12-10-15)14(3)13-17(18)19-5-2/h5,9-12,14H,2,4,6-8,13H2,1,3H3. The number of hydrogen-bond acceptors (Lipinski definition) is 2. The highest BCUT2D eigenvalue weighted by molar-refractivity contribution is 5.71. The Morgan fingerprint density at radius 2 is 2.00 bits per heavy atom. The normalized spacial score (nSPS) is 11.9. The molecule has 0 amide bonds. The van der Waals surface area contributed by atoms with E-state index in [4.69, 9.17) is 4.74 Å². The fourth-order valence-electron chi connectivity index (χ4n) is 2.10. The SMILES string of the molecule is C=COC(=O)CC(C)c1ccc(CCCCC)cc1. The van der Waals surface area contributed by atoms with Crippen molar-refractivity contribution in [1.82, 2.24) is 0 Å². The summed E-state index contributed by atoms with van der Waals surface area (Å²) in [4.78, 5) is 11.4. The first kappa shape index (κ1) is 15.5. The lowest BCUT2D eigenvalue weighted by Gasteiger charge is -2.11. The van der Waals surface area contributed by atoms with E-state index in [9.17, 15) is 4.79 Å². The van der Waals surface area contributed by atoms with Crippen LogP contribution in [0.25, 0.3) is 0 Å². The summed E-state index contributed by atoms with van der Waals surface area (Å²) in [5, 5.41) is 0. The second-order valence-corrected chi connectivity index (χ2v) is 4.96. The number of rotatable bonds is 8. The van der Waals surface area contributed by atoms with E-state index in [-0.39, 0.29) is 11.9 Å². The summed E-state index contributed by atoms with van der Waals surface area (Å²) in [6, 6.07) is 8.57. The third-order valence-corrected chi connectivity index (χ3v) is 3.31.